The van der Waals surface area contributed by atoms with E-state index in [9.17, 15) is 14.0 Å². The van der Waals surface area contributed by atoms with Crippen molar-refractivity contribution in [3.8, 4) is 0 Å². The molecular formula is C18H13FN2O2S. The van der Waals surface area contributed by atoms with Crippen molar-refractivity contribution in [2.24, 2.45) is 0 Å². The number of hydrogen-bond donors (Lipinski definition) is 2. The molecule has 1 aliphatic rings. The predicted molar refractivity (Wildman–Crippen MR) is 93.1 cm³/mol. The van der Waals surface area contributed by atoms with E-state index in [1.807, 2.05) is 24.3 Å². The van der Waals surface area contributed by atoms with E-state index < -0.39 is 5.82 Å². The normalized spacial score (nSPS) is 13.5. The summed E-state index contributed by atoms with van der Waals surface area (Å²) in [7, 11) is 0. The van der Waals surface area contributed by atoms with Crippen molar-refractivity contribution in [3.05, 3.63) is 58.7 Å². The van der Waals surface area contributed by atoms with Gasteiger partial charge in [0, 0.05) is 27.6 Å². The van der Waals surface area contributed by atoms with Gasteiger partial charge in [0.2, 0.25) is 5.91 Å². The van der Waals surface area contributed by atoms with Crippen LogP contribution in [0.15, 0.2) is 41.8 Å². The Morgan fingerprint density at radius 2 is 2.04 bits per heavy atom. The first-order valence-electron chi connectivity index (χ1n) is 7.51. The molecule has 1 aromatic heterocycles. The average Bonchev–Trinajstić information content (AvgIpc) is 3.00. The average molecular weight is 340 g/mol. The number of benzene rings is 2. The molecule has 0 aliphatic carbocycles. The Hall–Kier alpha value is -2.73. The molecule has 2 N–H and O–H groups in total. The number of hydrogen-bond acceptors (Lipinski definition) is 3. The first-order valence-corrected chi connectivity index (χ1v) is 8.39. The van der Waals surface area contributed by atoms with E-state index >= 15 is 0 Å². The summed E-state index contributed by atoms with van der Waals surface area (Å²) in [4.78, 5) is 24.0. The third-order valence-electron chi connectivity index (χ3n) is 4.06. The highest BCUT2D eigenvalue weighted by Crippen LogP contribution is 2.30. The van der Waals surface area contributed by atoms with E-state index in [4.69, 9.17) is 0 Å². The van der Waals surface area contributed by atoms with Crippen LogP contribution in [0, 0.1) is 5.82 Å². The largest absolute Gasteiger partial charge is 0.326 e. The summed E-state index contributed by atoms with van der Waals surface area (Å²) in [5, 5.41) is 7.92. The highest BCUT2D eigenvalue weighted by molar-refractivity contribution is 7.17. The molecule has 4 rings (SSSR count). The summed E-state index contributed by atoms with van der Waals surface area (Å²) >= 11 is 1.47. The maximum absolute atomic E-state index is 14.3. The molecule has 2 amide bonds. The lowest BCUT2D eigenvalue weighted by Crippen LogP contribution is -2.20. The number of carbonyl (C=O) groups excluding carboxylic acids is 2. The van der Waals surface area contributed by atoms with Crippen molar-refractivity contribution in [3.63, 3.8) is 0 Å². The standard InChI is InChI=1S/C18H13FN2O2S/c19-13-7-10-5-6-17(22)20-14(10)8-15(13)21-18(23)12-9-24-16-4-2-1-3-11(12)16/h1-4,7-9H,5-6H2,(H,20,22)(H,21,23). The Bertz CT molecular complexity index is 980. The number of fused-ring (bicyclic) bond motifs is 2. The van der Waals surface area contributed by atoms with E-state index in [0.717, 1.165) is 15.6 Å². The van der Waals surface area contributed by atoms with Crippen LogP contribution in [0.1, 0.15) is 22.3 Å². The lowest BCUT2D eigenvalue weighted by atomic mass is 10.0. The van der Waals surface area contributed by atoms with Crippen molar-refractivity contribution in [2.45, 2.75) is 12.8 Å². The zero-order valence-corrected chi connectivity index (χ0v) is 13.4. The number of nitrogens with one attached hydrogen (secondary N) is 2. The number of amides is 2. The molecule has 4 nitrogen and oxygen atoms in total. The Labute approximate surface area is 141 Å². The smallest absolute Gasteiger partial charge is 0.257 e. The minimum absolute atomic E-state index is 0.0660. The summed E-state index contributed by atoms with van der Waals surface area (Å²) in [6, 6.07) is 10.4. The summed E-state index contributed by atoms with van der Waals surface area (Å²) < 4.78 is 15.3. The fraction of sp³-hybridized carbons (Fsp3) is 0.111. The number of carbonyl (C=O) groups is 2. The molecular weight excluding hydrogens is 327 g/mol. The highest BCUT2D eigenvalue weighted by Gasteiger charge is 2.19. The van der Waals surface area contributed by atoms with Crippen LogP contribution < -0.4 is 10.6 Å². The molecule has 0 spiro atoms. The molecule has 3 aromatic rings. The second kappa shape index (κ2) is 5.72. The molecule has 0 bridgehead atoms. The van der Waals surface area contributed by atoms with Gasteiger partial charge in [-0.2, -0.15) is 0 Å². The SMILES string of the molecule is O=C1CCc2cc(F)c(NC(=O)c3csc4ccccc34)cc2N1. The molecule has 0 saturated carbocycles. The molecule has 0 unspecified atom stereocenters. The Balaban J connectivity index is 1.66. The summed E-state index contributed by atoms with van der Waals surface area (Å²) in [6.45, 7) is 0. The highest BCUT2D eigenvalue weighted by atomic mass is 32.1. The number of aryl methyl sites for hydroxylation is 1. The summed E-state index contributed by atoms with van der Waals surface area (Å²) in [5.74, 6) is -0.971. The summed E-state index contributed by atoms with van der Waals surface area (Å²) in [5.41, 5.74) is 1.87. The van der Waals surface area contributed by atoms with E-state index in [0.29, 0.717) is 24.1 Å². The monoisotopic (exact) mass is 340 g/mol. The second-order valence-electron chi connectivity index (χ2n) is 5.64. The van der Waals surface area contributed by atoms with E-state index in [1.54, 1.807) is 5.38 Å². The van der Waals surface area contributed by atoms with Gasteiger partial charge in [0.05, 0.1) is 11.3 Å². The van der Waals surface area contributed by atoms with Crippen LogP contribution >= 0.6 is 11.3 Å². The van der Waals surface area contributed by atoms with Crippen LogP contribution in [0.4, 0.5) is 15.8 Å². The number of halogens is 1. The molecule has 24 heavy (non-hydrogen) atoms. The summed E-state index contributed by atoms with van der Waals surface area (Å²) in [6.07, 6.45) is 0.848. The van der Waals surface area contributed by atoms with Gasteiger partial charge in [0.25, 0.3) is 5.91 Å². The van der Waals surface area contributed by atoms with Crippen LogP contribution in [-0.4, -0.2) is 11.8 Å². The van der Waals surface area contributed by atoms with Gasteiger partial charge < -0.3 is 10.6 Å². The third-order valence-corrected chi connectivity index (χ3v) is 5.03. The number of rotatable bonds is 2. The van der Waals surface area contributed by atoms with Gasteiger partial charge in [-0.1, -0.05) is 18.2 Å². The van der Waals surface area contributed by atoms with Crippen LogP contribution in [-0.2, 0) is 11.2 Å². The number of thiophene rings is 1. The van der Waals surface area contributed by atoms with Crippen LogP contribution in [0.25, 0.3) is 10.1 Å². The van der Waals surface area contributed by atoms with Crippen molar-refractivity contribution in [1.82, 2.24) is 0 Å². The Kier molecular flexibility index (Phi) is 3.54. The molecule has 1 aliphatic heterocycles. The molecule has 0 radical (unpaired) electrons. The lowest BCUT2D eigenvalue weighted by molar-refractivity contribution is -0.116. The van der Waals surface area contributed by atoms with Gasteiger partial charge >= 0.3 is 0 Å². The fourth-order valence-electron chi connectivity index (χ4n) is 2.84. The maximum atomic E-state index is 14.3. The third kappa shape index (κ3) is 2.55. The fourth-order valence-corrected chi connectivity index (χ4v) is 3.78. The Morgan fingerprint density at radius 1 is 1.21 bits per heavy atom. The van der Waals surface area contributed by atoms with Gasteiger partial charge in [0.1, 0.15) is 5.82 Å². The van der Waals surface area contributed by atoms with Gasteiger partial charge in [-0.25, -0.2) is 4.39 Å². The van der Waals surface area contributed by atoms with Crippen molar-refractivity contribution in [2.75, 3.05) is 10.6 Å². The van der Waals surface area contributed by atoms with Gasteiger partial charge in [-0.15, -0.1) is 11.3 Å². The van der Waals surface area contributed by atoms with Gasteiger partial charge in [-0.05, 0) is 30.2 Å². The maximum Gasteiger partial charge on any atom is 0.257 e. The first kappa shape index (κ1) is 14.8. The number of anilines is 2. The van der Waals surface area contributed by atoms with E-state index in [2.05, 4.69) is 10.6 Å². The predicted octanol–water partition coefficient (Wildman–Crippen LogP) is 4.18. The van der Waals surface area contributed by atoms with Gasteiger partial charge in [-0.3, -0.25) is 9.59 Å². The van der Waals surface area contributed by atoms with Gasteiger partial charge in [0.15, 0.2) is 0 Å². The molecule has 0 saturated heterocycles. The van der Waals surface area contributed by atoms with Crippen molar-refractivity contribution >= 4 is 44.6 Å². The zero-order chi connectivity index (χ0) is 16.7. The minimum atomic E-state index is -0.502. The quantitative estimate of drug-likeness (QED) is 0.735. The molecule has 0 atom stereocenters. The van der Waals surface area contributed by atoms with Crippen LogP contribution in [0.5, 0.6) is 0 Å². The lowest BCUT2D eigenvalue weighted by Gasteiger charge is -2.18. The van der Waals surface area contributed by atoms with Crippen LogP contribution in [0.3, 0.4) is 0 Å². The molecule has 6 heteroatoms. The second-order valence-corrected chi connectivity index (χ2v) is 6.55. The minimum Gasteiger partial charge on any atom is -0.326 e. The molecule has 2 heterocycles. The van der Waals surface area contributed by atoms with Crippen molar-refractivity contribution in [1.29, 1.82) is 0 Å². The molecule has 0 fully saturated rings. The molecule has 120 valence electrons. The van der Waals surface area contributed by atoms with Crippen molar-refractivity contribution < 1.29 is 14.0 Å². The zero-order valence-electron chi connectivity index (χ0n) is 12.6. The molecule has 2 aromatic carbocycles. The van der Waals surface area contributed by atoms with E-state index in [1.165, 1.54) is 23.5 Å². The van der Waals surface area contributed by atoms with E-state index in [-0.39, 0.29) is 17.5 Å². The first-order chi connectivity index (χ1) is 11.6. The Morgan fingerprint density at radius 3 is 2.92 bits per heavy atom. The van der Waals surface area contributed by atoms with Crippen LogP contribution in [0.2, 0.25) is 0 Å². The topological polar surface area (TPSA) is 58.2 Å².